The summed E-state index contributed by atoms with van der Waals surface area (Å²) in [6.07, 6.45) is 1.08. The highest BCUT2D eigenvalue weighted by molar-refractivity contribution is 5.94. The third-order valence-corrected chi connectivity index (χ3v) is 5.63. The number of carbonyl (C=O) groups is 1. The number of benzene rings is 3. The van der Waals surface area contributed by atoms with Gasteiger partial charge in [0, 0.05) is 17.5 Å². The van der Waals surface area contributed by atoms with E-state index in [0.717, 1.165) is 0 Å². The largest absolute Gasteiger partial charge is 0.508 e. The van der Waals surface area contributed by atoms with Crippen molar-refractivity contribution >= 4 is 16.9 Å². The van der Waals surface area contributed by atoms with Crippen molar-refractivity contribution in [3.8, 4) is 34.1 Å². The number of ether oxygens (including phenoxy) is 2. The molecule has 0 saturated carbocycles. The second-order valence-corrected chi connectivity index (χ2v) is 7.72. The zero-order valence-corrected chi connectivity index (χ0v) is 17.3. The van der Waals surface area contributed by atoms with Crippen molar-refractivity contribution < 1.29 is 37.7 Å². The summed E-state index contributed by atoms with van der Waals surface area (Å²) in [7, 11) is 0. The summed E-state index contributed by atoms with van der Waals surface area (Å²) in [6.45, 7) is -3.02. The van der Waals surface area contributed by atoms with Crippen LogP contribution in [0.5, 0.6) is 23.0 Å². The van der Waals surface area contributed by atoms with E-state index < -0.39 is 29.7 Å². The average Bonchev–Trinajstić information content (AvgIpc) is 2.79. The maximum absolute atomic E-state index is 13.3. The number of hydrogen-bond donors (Lipinski definition) is 2. The Morgan fingerprint density at radius 1 is 1.03 bits per heavy atom. The standard InChI is InChI=1S/C25H16F2O7/c26-25(27)33-15-3-1-2-13(8-15)16-9-20(30)34-19-10-18(29)22-23(31)17(11-32-24(22)21(16)19)12-4-6-14(28)7-5-12/h1-8,10-11,16,25,28-29H,9H2/t16-/m1/s1. The summed E-state index contributed by atoms with van der Waals surface area (Å²) in [6, 6.07) is 12.9. The molecule has 0 spiro atoms. The third-order valence-electron chi connectivity index (χ3n) is 5.63. The molecule has 2 N–H and O–H groups in total. The fraction of sp³-hybridized carbons (Fsp3) is 0.120. The number of aromatic hydroxyl groups is 2. The van der Waals surface area contributed by atoms with Gasteiger partial charge >= 0.3 is 12.6 Å². The van der Waals surface area contributed by atoms with Gasteiger partial charge in [0.1, 0.15) is 40.2 Å². The average molecular weight is 466 g/mol. The number of halogens is 2. The van der Waals surface area contributed by atoms with Crippen molar-refractivity contribution in [2.45, 2.75) is 19.0 Å². The van der Waals surface area contributed by atoms with Gasteiger partial charge < -0.3 is 24.1 Å². The molecule has 0 unspecified atom stereocenters. The van der Waals surface area contributed by atoms with E-state index >= 15 is 0 Å². The second kappa shape index (κ2) is 8.18. The van der Waals surface area contributed by atoms with Gasteiger partial charge in [0.2, 0.25) is 5.43 Å². The fourth-order valence-electron chi connectivity index (χ4n) is 4.16. The SMILES string of the molecule is O=C1C[C@H](c2cccc(OC(F)F)c2)c2c(cc(O)c3c(=O)c(-c4ccc(O)cc4)coc23)O1. The summed E-state index contributed by atoms with van der Waals surface area (Å²) < 4.78 is 41.0. The number of esters is 1. The molecule has 0 aliphatic carbocycles. The quantitative estimate of drug-likeness (QED) is 0.325. The van der Waals surface area contributed by atoms with Crippen LogP contribution in [0.3, 0.4) is 0 Å². The molecule has 3 aromatic carbocycles. The molecule has 9 heteroatoms. The molecule has 1 aromatic heterocycles. The lowest BCUT2D eigenvalue weighted by Gasteiger charge is -2.26. The Hall–Kier alpha value is -4.40. The number of rotatable bonds is 4. The minimum atomic E-state index is -3.02. The molecular formula is C25H16F2O7. The van der Waals surface area contributed by atoms with Gasteiger partial charge in [0.15, 0.2) is 0 Å². The van der Waals surface area contributed by atoms with E-state index in [1.165, 1.54) is 54.8 Å². The normalized spacial score (nSPS) is 15.3. The Kier molecular flexibility index (Phi) is 5.16. The second-order valence-electron chi connectivity index (χ2n) is 7.72. The maximum atomic E-state index is 13.3. The van der Waals surface area contributed by atoms with Gasteiger partial charge in [-0.25, -0.2) is 0 Å². The lowest BCUT2D eigenvalue weighted by Crippen LogP contribution is -2.22. The first-order valence-corrected chi connectivity index (χ1v) is 10.2. The smallest absolute Gasteiger partial charge is 0.387 e. The van der Waals surface area contributed by atoms with E-state index in [1.807, 2.05) is 0 Å². The monoisotopic (exact) mass is 466 g/mol. The summed E-state index contributed by atoms with van der Waals surface area (Å²) in [5.74, 6) is -1.80. The van der Waals surface area contributed by atoms with Crippen LogP contribution in [0.2, 0.25) is 0 Å². The molecular weight excluding hydrogens is 450 g/mol. The minimum Gasteiger partial charge on any atom is -0.508 e. The highest BCUT2D eigenvalue weighted by Gasteiger charge is 2.34. The van der Waals surface area contributed by atoms with E-state index in [-0.39, 0.29) is 40.2 Å². The Bertz CT molecular complexity index is 1480. The van der Waals surface area contributed by atoms with Gasteiger partial charge in [-0.1, -0.05) is 24.3 Å². The molecule has 1 aliphatic rings. The third kappa shape index (κ3) is 3.71. The van der Waals surface area contributed by atoms with Crippen molar-refractivity contribution in [1.82, 2.24) is 0 Å². The number of phenolic OH excluding ortho intramolecular Hbond substituents is 2. The predicted molar refractivity (Wildman–Crippen MR) is 116 cm³/mol. The first-order chi connectivity index (χ1) is 16.3. The molecule has 4 aromatic rings. The molecule has 0 saturated heterocycles. The van der Waals surface area contributed by atoms with Crippen molar-refractivity contribution in [2.75, 3.05) is 0 Å². The van der Waals surface area contributed by atoms with Crippen LogP contribution in [0.4, 0.5) is 8.78 Å². The Morgan fingerprint density at radius 3 is 2.53 bits per heavy atom. The summed E-state index contributed by atoms with van der Waals surface area (Å²) in [4.78, 5) is 25.6. The van der Waals surface area contributed by atoms with Gasteiger partial charge in [0.25, 0.3) is 0 Å². The molecule has 2 heterocycles. The molecule has 5 rings (SSSR count). The summed E-state index contributed by atoms with van der Waals surface area (Å²) in [5.41, 5.74) is 0.895. The maximum Gasteiger partial charge on any atom is 0.387 e. The summed E-state index contributed by atoms with van der Waals surface area (Å²) in [5, 5.41) is 20.0. The first kappa shape index (κ1) is 21.4. The molecule has 0 bridgehead atoms. The zero-order valence-electron chi connectivity index (χ0n) is 17.3. The molecule has 0 amide bonds. The van der Waals surface area contributed by atoms with Crippen LogP contribution in [0.25, 0.3) is 22.1 Å². The number of alkyl halides is 2. The van der Waals surface area contributed by atoms with Gasteiger partial charge in [-0.2, -0.15) is 8.78 Å². The van der Waals surface area contributed by atoms with Crippen LogP contribution in [0.15, 0.2) is 70.1 Å². The highest BCUT2D eigenvalue weighted by Crippen LogP contribution is 2.46. The Labute approximate surface area is 190 Å². The number of fused-ring (bicyclic) bond motifs is 3. The van der Waals surface area contributed by atoms with Crippen molar-refractivity contribution in [1.29, 1.82) is 0 Å². The zero-order chi connectivity index (χ0) is 24.0. The number of phenols is 2. The molecule has 172 valence electrons. The van der Waals surface area contributed by atoms with Gasteiger partial charge in [0.05, 0.1) is 12.0 Å². The summed E-state index contributed by atoms with van der Waals surface area (Å²) >= 11 is 0. The van der Waals surface area contributed by atoms with E-state index in [4.69, 9.17) is 9.15 Å². The lowest BCUT2D eigenvalue weighted by molar-refractivity contribution is -0.135. The van der Waals surface area contributed by atoms with E-state index in [0.29, 0.717) is 16.7 Å². The topological polar surface area (TPSA) is 106 Å². The molecule has 0 fully saturated rings. The predicted octanol–water partition coefficient (Wildman–Crippen LogP) is 4.91. The van der Waals surface area contributed by atoms with Crippen LogP contribution < -0.4 is 14.9 Å². The molecule has 1 atom stereocenters. The highest BCUT2D eigenvalue weighted by atomic mass is 19.3. The fourth-order valence-corrected chi connectivity index (χ4v) is 4.16. The van der Waals surface area contributed by atoms with E-state index in [2.05, 4.69) is 4.74 Å². The Morgan fingerprint density at radius 2 is 1.79 bits per heavy atom. The van der Waals surface area contributed by atoms with Gasteiger partial charge in [-0.05, 0) is 35.4 Å². The first-order valence-electron chi connectivity index (χ1n) is 10.2. The lowest BCUT2D eigenvalue weighted by atomic mass is 9.85. The molecule has 7 nitrogen and oxygen atoms in total. The number of hydrogen-bond acceptors (Lipinski definition) is 7. The minimum absolute atomic E-state index is 0.00645. The van der Waals surface area contributed by atoms with Crippen molar-refractivity contribution in [2.24, 2.45) is 0 Å². The molecule has 34 heavy (non-hydrogen) atoms. The molecule has 1 aliphatic heterocycles. The van der Waals surface area contributed by atoms with E-state index in [9.17, 15) is 28.6 Å². The van der Waals surface area contributed by atoms with Crippen LogP contribution >= 0.6 is 0 Å². The van der Waals surface area contributed by atoms with Gasteiger partial charge in [-0.15, -0.1) is 0 Å². The van der Waals surface area contributed by atoms with Crippen molar-refractivity contribution in [3.63, 3.8) is 0 Å². The van der Waals surface area contributed by atoms with Crippen LogP contribution in [0, 0.1) is 0 Å². The van der Waals surface area contributed by atoms with Gasteiger partial charge in [-0.3, -0.25) is 9.59 Å². The van der Waals surface area contributed by atoms with Crippen LogP contribution in [-0.4, -0.2) is 22.8 Å². The van der Waals surface area contributed by atoms with Crippen molar-refractivity contribution in [3.05, 3.63) is 82.2 Å². The van der Waals surface area contributed by atoms with Crippen LogP contribution in [0.1, 0.15) is 23.5 Å². The Balaban J connectivity index is 1.72. The number of carbonyl (C=O) groups excluding carboxylic acids is 1. The van der Waals surface area contributed by atoms with Crippen LogP contribution in [-0.2, 0) is 4.79 Å². The molecule has 0 radical (unpaired) electrons. The van der Waals surface area contributed by atoms with E-state index in [1.54, 1.807) is 6.07 Å².